The lowest BCUT2D eigenvalue weighted by Gasteiger charge is -2.29. The van der Waals surface area contributed by atoms with Crippen LogP contribution in [0.5, 0.6) is 0 Å². The Balaban J connectivity index is 2.27. The molecule has 0 radical (unpaired) electrons. The Morgan fingerprint density at radius 3 is 2.67 bits per heavy atom. The number of carbonyl (C=O) groups excluding carboxylic acids is 1. The molecule has 0 aromatic rings. The van der Waals surface area contributed by atoms with E-state index in [9.17, 15) is 14.7 Å². The molecule has 7 heteroatoms. The van der Waals surface area contributed by atoms with Gasteiger partial charge in [-0.2, -0.15) is 0 Å². The highest BCUT2D eigenvalue weighted by Gasteiger charge is 2.29. The molecule has 0 bridgehead atoms. The van der Waals surface area contributed by atoms with E-state index >= 15 is 0 Å². The third-order valence-corrected chi connectivity index (χ3v) is 2.90. The number of ether oxygens (including phenoxy) is 1. The van der Waals surface area contributed by atoms with Gasteiger partial charge in [0.05, 0.1) is 32.7 Å². The van der Waals surface area contributed by atoms with E-state index in [0.717, 1.165) is 6.54 Å². The third kappa shape index (κ3) is 5.24. The molecule has 7 nitrogen and oxygen atoms in total. The van der Waals surface area contributed by atoms with E-state index in [-0.39, 0.29) is 19.4 Å². The first kappa shape index (κ1) is 14.6. The van der Waals surface area contributed by atoms with E-state index in [1.807, 2.05) is 0 Å². The van der Waals surface area contributed by atoms with Gasteiger partial charge in [-0.05, 0) is 0 Å². The molecule has 0 aromatic carbocycles. The number of carboxylic acid groups (broad SMARTS) is 2. The van der Waals surface area contributed by atoms with Gasteiger partial charge >= 0.3 is 5.97 Å². The smallest absolute Gasteiger partial charge is 0.309 e. The van der Waals surface area contributed by atoms with E-state index in [4.69, 9.17) is 9.84 Å². The highest BCUT2D eigenvalue weighted by atomic mass is 16.5. The zero-order valence-corrected chi connectivity index (χ0v) is 10.2. The first-order valence-electron chi connectivity index (χ1n) is 5.90. The molecule has 18 heavy (non-hydrogen) atoms. The van der Waals surface area contributed by atoms with E-state index in [1.165, 1.54) is 0 Å². The molecule has 0 aliphatic carbocycles. The van der Waals surface area contributed by atoms with Crippen molar-refractivity contribution in [3.05, 3.63) is 0 Å². The summed E-state index contributed by atoms with van der Waals surface area (Å²) in [4.78, 5) is 24.9. The number of rotatable bonds is 9. The number of hydrogen-bond donors (Lipinski definition) is 1. The maximum Gasteiger partial charge on any atom is 0.309 e. The Kier molecular flexibility index (Phi) is 5.73. The fourth-order valence-corrected chi connectivity index (χ4v) is 1.82. The Hall–Kier alpha value is -1.47. The normalized spacial score (nSPS) is 22.2. The van der Waals surface area contributed by atoms with Crippen molar-refractivity contribution < 1.29 is 29.0 Å². The molecule has 1 heterocycles. The molecule has 0 amide bonds. The Morgan fingerprint density at radius 2 is 2.11 bits per heavy atom. The zero-order chi connectivity index (χ0) is 13.4. The highest BCUT2D eigenvalue weighted by molar-refractivity contribution is 5.67. The molecule has 0 spiro atoms. The van der Waals surface area contributed by atoms with E-state index in [0.29, 0.717) is 30.7 Å². The standard InChI is InChI=1S/C11H18N2O5/c14-10(15)1-4-13(5-3-12-9-13)6-8-18-7-2-11(16)17/h9H,1-8H2,(H-,14,15,16,17). The number of hydrogen-bond acceptors (Lipinski definition) is 5. The minimum Gasteiger partial charge on any atom is -0.550 e. The largest absolute Gasteiger partial charge is 0.550 e. The molecule has 1 N–H and O–H groups in total. The Labute approximate surface area is 105 Å². The lowest BCUT2D eigenvalue weighted by molar-refractivity contribution is -0.828. The average Bonchev–Trinajstić information content (AvgIpc) is 2.75. The predicted molar refractivity (Wildman–Crippen MR) is 60.9 cm³/mol. The molecule has 1 rings (SSSR count). The summed E-state index contributed by atoms with van der Waals surface area (Å²) < 4.78 is 5.69. The van der Waals surface area contributed by atoms with Crippen LogP contribution >= 0.6 is 0 Å². The summed E-state index contributed by atoms with van der Waals surface area (Å²) in [6.45, 7) is 3.08. The van der Waals surface area contributed by atoms with Gasteiger partial charge in [0.1, 0.15) is 13.1 Å². The van der Waals surface area contributed by atoms with Crippen LogP contribution in [-0.4, -0.2) is 67.3 Å². The second-order valence-electron chi connectivity index (χ2n) is 4.29. The number of carbonyl (C=O) groups is 2. The van der Waals surface area contributed by atoms with E-state index in [2.05, 4.69) is 4.99 Å². The molecule has 1 unspecified atom stereocenters. The van der Waals surface area contributed by atoms with Gasteiger partial charge in [-0.1, -0.05) is 0 Å². The first-order chi connectivity index (χ1) is 8.54. The molecule has 1 aliphatic heterocycles. The van der Waals surface area contributed by atoms with Crippen LogP contribution in [-0.2, 0) is 14.3 Å². The molecular weight excluding hydrogens is 240 g/mol. The summed E-state index contributed by atoms with van der Waals surface area (Å²) in [5.74, 6) is -1.96. The van der Waals surface area contributed by atoms with Crippen molar-refractivity contribution in [2.45, 2.75) is 12.8 Å². The van der Waals surface area contributed by atoms with E-state index in [1.54, 1.807) is 6.34 Å². The summed E-state index contributed by atoms with van der Waals surface area (Å²) in [5, 5.41) is 18.9. The van der Waals surface area contributed by atoms with Crippen molar-refractivity contribution in [1.82, 2.24) is 0 Å². The van der Waals surface area contributed by atoms with E-state index < -0.39 is 11.9 Å². The van der Waals surface area contributed by atoms with Gasteiger partial charge in [0, 0.05) is 12.4 Å². The molecule has 0 fully saturated rings. The van der Waals surface area contributed by atoms with Crippen LogP contribution in [0, 0.1) is 0 Å². The van der Waals surface area contributed by atoms with Crippen molar-refractivity contribution in [2.24, 2.45) is 4.99 Å². The topological polar surface area (TPSA) is 99.0 Å². The van der Waals surface area contributed by atoms with Crippen molar-refractivity contribution in [1.29, 1.82) is 0 Å². The van der Waals surface area contributed by atoms with Gasteiger partial charge in [-0.3, -0.25) is 9.28 Å². The monoisotopic (exact) mass is 258 g/mol. The first-order valence-corrected chi connectivity index (χ1v) is 5.90. The lowest BCUT2D eigenvalue weighted by Crippen LogP contribution is -2.49. The maximum absolute atomic E-state index is 10.6. The third-order valence-electron chi connectivity index (χ3n) is 2.90. The molecular formula is C11H18N2O5. The van der Waals surface area contributed by atoms with Crippen LogP contribution in [0.15, 0.2) is 4.99 Å². The quantitative estimate of drug-likeness (QED) is 0.400. The summed E-state index contributed by atoms with van der Waals surface area (Å²) in [5.41, 5.74) is 0. The summed E-state index contributed by atoms with van der Waals surface area (Å²) >= 11 is 0. The summed E-state index contributed by atoms with van der Waals surface area (Å²) in [6.07, 6.45) is 1.74. The number of aliphatic imine (C=N–C) groups is 1. The second-order valence-corrected chi connectivity index (χ2v) is 4.29. The zero-order valence-electron chi connectivity index (χ0n) is 10.2. The van der Waals surface area contributed by atoms with Crippen molar-refractivity contribution in [3.63, 3.8) is 0 Å². The van der Waals surface area contributed by atoms with Gasteiger partial charge in [0.15, 0.2) is 6.34 Å². The van der Waals surface area contributed by atoms with Crippen LogP contribution in [0.4, 0.5) is 0 Å². The van der Waals surface area contributed by atoms with Gasteiger partial charge in [0.2, 0.25) is 0 Å². The lowest BCUT2D eigenvalue weighted by atomic mass is 10.3. The second kappa shape index (κ2) is 7.07. The minimum atomic E-state index is -1.13. The van der Waals surface area contributed by atoms with Gasteiger partial charge in [-0.15, -0.1) is 0 Å². The number of nitrogens with zero attached hydrogens (tertiary/aromatic N) is 2. The number of aliphatic carboxylic acids is 2. The predicted octanol–water partition coefficient (Wildman–Crippen LogP) is -1.52. The van der Waals surface area contributed by atoms with Crippen molar-refractivity contribution >= 4 is 18.3 Å². The van der Waals surface area contributed by atoms with Crippen molar-refractivity contribution in [3.8, 4) is 0 Å². The molecule has 102 valence electrons. The minimum absolute atomic E-state index is 0.0884. The number of quaternary nitrogens is 1. The Bertz CT molecular complexity index is 331. The van der Waals surface area contributed by atoms with Crippen LogP contribution in [0.2, 0.25) is 0 Å². The van der Waals surface area contributed by atoms with Gasteiger partial charge in [-0.25, -0.2) is 4.99 Å². The van der Waals surface area contributed by atoms with Gasteiger partial charge < -0.3 is 19.7 Å². The SMILES string of the molecule is O=C([O-])CCOCC[N+]1(CCC(=O)O)C=NCC1. The summed E-state index contributed by atoms with van der Waals surface area (Å²) in [6, 6.07) is 0. The van der Waals surface area contributed by atoms with Crippen LogP contribution in [0.1, 0.15) is 12.8 Å². The Morgan fingerprint density at radius 1 is 1.33 bits per heavy atom. The summed E-state index contributed by atoms with van der Waals surface area (Å²) in [7, 11) is 0. The number of carboxylic acids is 2. The highest BCUT2D eigenvalue weighted by Crippen LogP contribution is 2.10. The van der Waals surface area contributed by atoms with Crippen LogP contribution in [0.3, 0.4) is 0 Å². The molecule has 1 aliphatic rings. The molecule has 0 aromatic heterocycles. The molecule has 1 atom stereocenters. The average molecular weight is 258 g/mol. The van der Waals surface area contributed by atoms with Gasteiger partial charge in [0.25, 0.3) is 0 Å². The van der Waals surface area contributed by atoms with Crippen molar-refractivity contribution in [2.75, 3.05) is 39.4 Å². The maximum atomic E-state index is 10.6. The molecule has 0 saturated carbocycles. The van der Waals surface area contributed by atoms with Crippen LogP contribution < -0.4 is 5.11 Å². The van der Waals surface area contributed by atoms with Crippen LogP contribution in [0.25, 0.3) is 0 Å². The fraction of sp³-hybridized carbons (Fsp3) is 0.727. The molecule has 0 saturated heterocycles. The fourth-order valence-electron chi connectivity index (χ4n) is 1.82.